The molecular weight excluding hydrogens is 366 g/mol. The van der Waals surface area contributed by atoms with Crippen molar-refractivity contribution in [2.75, 3.05) is 4.72 Å². The fourth-order valence-electron chi connectivity index (χ4n) is 1.67. The van der Waals surface area contributed by atoms with E-state index in [0.717, 1.165) is 0 Å². The van der Waals surface area contributed by atoms with Gasteiger partial charge in [0.2, 0.25) is 0 Å². The summed E-state index contributed by atoms with van der Waals surface area (Å²) >= 11 is 9.11. The zero-order valence-electron chi connectivity index (χ0n) is 10.2. The van der Waals surface area contributed by atoms with Crippen LogP contribution in [0.25, 0.3) is 0 Å². The average Bonchev–Trinajstić information content (AvgIpc) is 2.42. The standard InChI is InChI=1S/C13H11BrClNO3S/c14-11-6-5-10(15)7-12(11)16-20(18,19)13-4-2-1-3-9(13)8-17/h1-7,16-17H,8H2. The van der Waals surface area contributed by atoms with Gasteiger partial charge in [-0.2, -0.15) is 0 Å². The molecule has 20 heavy (non-hydrogen) atoms. The highest BCUT2D eigenvalue weighted by atomic mass is 79.9. The summed E-state index contributed by atoms with van der Waals surface area (Å²) in [5.74, 6) is 0. The smallest absolute Gasteiger partial charge is 0.262 e. The Hall–Kier alpha value is -1.08. The molecular formula is C13H11BrClNO3S. The van der Waals surface area contributed by atoms with Crippen molar-refractivity contribution in [1.82, 2.24) is 0 Å². The highest BCUT2D eigenvalue weighted by Gasteiger charge is 2.19. The lowest BCUT2D eigenvalue weighted by atomic mass is 10.2. The van der Waals surface area contributed by atoms with Crippen LogP contribution in [-0.4, -0.2) is 13.5 Å². The minimum absolute atomic E-state index is 0.0365. The maximum Gasteiger partial charge on any atom is 0.262 e. The molecule has 7 heteroatoms. The van der Waals surface area contributed by atoms with Crippen molar-refractivity contribution in [3.05, 3.63) is 57.5 Å². The van der Waals surface area contributed by atoms with E-state index < -0.39 is 10.0 Å². The van der Waals surface area contributed by atoms with E-state index >= 15 is 0 Å². The minimum atomic E-state index is -3.79. The molecule has 0 amide bonds. The zero-order chi connectivity index (χ0) is 14.8. The predicted octanol–water partition coefficient (Wildman–Crippen LogP) is 3.40. The van der Waals surface area contributed by atoms with Crippen molar-refractivity contribution < 1.29 is 13.5 Å². The third-order valence-corrected chi connectivity index (χ3v) is 5.00. The lowest BCUT2D eigenvalue weighted by Gasteiger charge is -2.12. The summed E-state index contributed by atoms with van der Waals surface area (Å²) in [6.07, 6.45) is 0. The Bertz CT molecular complexity index is 734. The molecule has 2 aromatic rings. The molecule has 0 unspecified atom stereocenters. The van der Waals surface area contributed by atoms with E-state index in [1.54, 1.807) is 30.3 Å². The molecule has 0 bridgehead atoms. The van der Waals surface area contributed by atoms with E-state index in [0.29, 0.717) is 20.7 Å². The van der Waals surface area contributed by atoms with Crippen LogP contribution in [0, 0.1) is 0 Å². The fourth-order valence-corrected chi connectivity index (χ4v) is 3.62. The third kappa shape index (κ3) is 3.32. The maximum absolute atomic E-state index is 12.4. The Morgan fingerprint density at radius 3 is 2.60 bits per heavy atom. The highest BCUT2D eigenvalue weighted by Crippen LogP contribution is 2.28. The van der Waals surface area contributed by atoms with Crippen molar-refractivity contribution in [1.29, 1.82) is 0 Å². The number of hydrogen-bond acceptors (Lipinski definition) is 3. The molecule has 0 radical (unpaired) electrons. The molecule has 2 N–H and O–H groups in total. The fraction of sp³-hybridized carbons (Fsp3) is 0.0769. The average molecular weight is 377 g/mol. The van der Waals surface area contributed by atoms with E-state index in [9.17, 15) is 13.5 Å². The first-order valence-electron chi connectivity index (χ1n) is 5.60. The second kappa shape index (κ2) is 6.13. The topological polar surface area (TPSA) is 66.4 Å². The molecule has 0 aliphatic rings. The second-order valence-corrected chi connectivity index (χ2v) is 6.94. The van der Waals surface area contributed by atoms with E-state index in [1.165, 1.54) is 12.1 Å². The van der Waals surface area contributed by atoms with Gasteiger partial charge in [-0.15, -0.1) is 0 Å². The number of anilines is 1. The SMILES string of the molecule is O=S(=O)(Nc1cc(Cl)ccc1Br)c1ccccc1CO. The molecule has 0 saturated carbocycles. The highest BCUT2D eigenvalue weighted by molar-refractivity contribution is 9.10. The first-order chi connectivity index (χ1) is 9.44. The zero-order valence-corrected chi connectivity index (χ0v) is 13.3. The first-order valence-corrected chi connectivity index (χ1v) is 8.26. The van der Waals surface area contributed by atoms with Gasteiger partial charge in [0.1, 0.15) is 0 Å². The van der Waals surface area contributed by atoms with Crippen LogP contribution in [0.5, 0.6) is 0 Å². The van der Waals surface area contributed by atoms with Crippen molar-refractivity contribution in [2.24, 2.45) is 0 Å². The Morgan fingerprint density at radius 1 is 1.20 bits per heavy atom. The predicted molar refractivity (Wildman–Crippen MR) is 82.3 cm³/mol. The van der Waals surface area contributed by atoms with Crippen LogP contribution < -0.4 is 4.72 Å². The van der Waals surface area contributed by atoms with Crippen molar-refractivity contribution in [3.63, 3.8) is 0 Å². The van der Waals surface area contributed by atoms with Crippen molar-refractivity contribution in [3.8, 4) is 0 Å². The number of rotatable bonds is 4. The van der Waals surface area contributed by atoms with Crippen LogP contribution in [0.1, 0.15) is 5.56 Å². The largest absolute Gasteiger partial charge is 0.392 e. The molecule has 2 rings (SSSR count). The summed E-state index contributed by atoms with van der Waals surface area (Å²) < 4.78 is 27.7. The van der Waals surface area contributed by atoms with Gasteiger partial charge >= 0.3 is 0 Å². The second-order valence-electron chi connectivity index (χ2n) is 4.00. The first kappa shape index (κ1) is 15.3. The van der Waals surface area contributed by atoms with Gasteiger partial charge in [0, 0.05) is 9.50 Å². The molecule has 0 saturated heterocycles. The molecule has 0 spiro atoms. The van der Waals surface area contributed by atoms with Gasteiger partial charge in [-0.3, -0.25) is 4.72 Å². The van der Waals surface area contributed by atoms with Gasteiger partial charge in [0.15, 0.2) is 0 Å². The normalized spacial score (nSPS) is 11.3. The Balaban J connectivity index is 2.43. The third-order valence-electron chi connectivity index (χ3n) is 2.61. The van der Waals surface area contributed by atoms with Gasteiger partial charge in [0.25, 0.3) is 10.0 Å². The number of benzene rings is 2. The monoisotopic (exact) mass is 375 g/mol. The summed E-state index contributed by atoms with van der Waals surface area (Å²) in [5.41, 5.74) is 0.670. The van der Waals surface area contributed by atoms with Crippen LogP contribution in [0.15, 0.2) is 51.8 Å². The van der Waals surface area contributed by atoms with Crippen LogP contribution in [-0.2, 0) is 16.6 Å². The molecule has 0 heterocycles. The lowest BCUT2D eigenvalue weighted by Crippen LogP contribution is -2.15. The van der Waals surface area contributed by atoms with Gasteiger partial charge in [-0.25, -0.2) is 8.42 Å². The summed E-state index contributed by atoms with van der Waals surface area (Å²) in [4.78, 5) is 0.0365. The van der Waals surface area contributed by atoms with Crippen LogP contribution in [0.3, 0.4) is 0 Å². The molecule has 2 aromatic carbocycles. The van der Waals surface area contributed by atoms with Gasteiger partial charge in [0.05, 0.1) is 17.2 Å². The lowest BCUT2D eigenvalue weighted by molar-refractivity contribution is 0.278. The number of aliphatic hydroxyl groups is 1. The molecule has 0 fully saturated rings. The molecule has 0 aliphatic heterocycles. The molecule has 0 atom stereocenters. The van der Waals surface area contributed by atoms with Gasteiger partial charge in [-0.1, -0.05) is 29.8 Å². The van der Waals surface area contributed by atoms with Crippen LogP contribution in [0.4, 0.5) is 5.69 Å². The summed E-state index contributed by atoms with van der Waals surface area (Å²) in [7, 11) is -3.79. The summed E-state index contributed by atoms with van der Waals surface area (Å²) in [5, 5.41) is 9.64. The minimum Gasteiger partial charge on any atom is -0.392 e. The Labute approximate surface area is 130 Å². The van der Waals surface area contributed by atoms with Gasteiger partial charge < -0.3 is 5.11 Å². The van der Waals surface area contributed by atoms with E-state index in [1.807, 2.05) is 0 Å². The van der Waals surface area contributed by atoms with Crippen molar-refractivity contribution >= 4 is 43.2 Å². The Kier molecular flexibility index (Phi) is 4.70. The van der Waals surface area contributed by atoms with Crippen LogP contribution in [0.2, 0.25) is 5.02 Å². The number of halogens is 2. The van der Waals surface area contributed by atoms with E-state index in [4.69, 9.17) is 11.6 Å². The van der Waals surface area contributed by atoms with Crippen molar-refractivity contribution in [2.45, 2.75) is 11.5 Å². The molecule has 106 valence electrons. The molecule has 4 nitrogen and oxygen atoms in total. The summed E-state index contributed by atoms with van der Waals surface area (Å²) in [6, 6.07) is 11.1. The molecule has 0 aliphatic carbocycles. The molecule has 0 aromatic heterocycles. The van der Waals surface area contributed by atoms with Gasteiger partial charge in [-0.05, 0) is 45.8 Å². The maximum atomic E-state index is 12.4. The Morgan fingerprint density at radius 2 is 1.90 bits per heavy atom. The quantitative estimate of drug-likeness (QED) is 0.859. The number of hydrogen-bond donors (Lipinski definition) is 2. The number of nitrogens with one attached hydrogen (secondary N) is 1. The van der Waals surface area contributed by atoms with E-state index in [-0.39, 0.29) is 11.5 Å². The van der Waals surface area contributed by atoms with E-state index in [2.05, 4.69) is 20.7 Å². The van der Waals surface area contributed by atoms with Crippen LogP contribution >= 0.6 is 27.5 Å². The number of aliphatic hydroxyl groups excluding tert-OH is 1. The number of sulfonamides is 1. The summed E-state index contributed by atoms with van der Waals surface area (Å²) in [6.45, 7) is -0.353.